The Labute approximate surface area is 121 Å². The zero-order valence-electron chi connectivity index (χ0n) is 11.4. The van der Waals surface area contributed by atoms with E-state index in [9.17, 15) is 4.79 Å². The smallest absolute Gasteiger partial charge is 0.335 e. The molecule has 0 radical (unpaired) electrons. The van der Waals surface area contributed by atoms with E-state index in [2.05, 4.69) is 21.7 Å². The van der Waals surface area contributed by atoms with Crippen LogP contribution in [0.1, 0.15) is 17.3 Å². The number of benzene rings is 1. The van der Waals surface area contributed by atoms with Gasteiger partial charge < -0.3 is 14.9 Å². The maximum Gasteiger partial charge on any atom is 0.335 e. The number of piperazine rings is 1. The molecular weight excluding hydrogens is 274 g/mol. The number of aromatic nitrogens is 1. The molecule has 0 unspecified atom stereocenters. The summed E-state index contributed by atoms with van der Waals surface area (Å²) in [6, 6.07) is 5.12. The molecule has 20 heavy (non-hydrogen) atoms. The second kappa shape index (κ2) is 5.38. The number of carboxylic acid groups (broad SMARTS) is 1. The molecule has 1 fully saturated rings. The molecule has 0 aliphatic carbocycles. The predicted molar refractivity (Wildman–Crippen MR) is 80.9 cm³/mol. The van der Waals surface area contributed by atoms with E-state index >= 15 is 0 Å². The average Bonchev–Trinajstić information content (AvgIpc) is 2.90. The Kier molecular flexibility index (Phi) is 3.58. The van der Waals surface area contributed by atoms with Crippen molar-refractivity contribution in [2.24, 2.45) is 0 Å². The Balaban J connectivity index is 1.84. The van der Waals surface area contributed by atoms with E-state index in [-0.39, 0.29) is 0 Å². The first-order valence-electron chi connectivity index (χ1n) is 6.78. The number of rotatable bonds is 3. The van der Waals surface area contributed by atoms with Gasteiger partial charge in [0.05, 0.1) is 15.8 Å². The zero-order chi connectivity index (χ0) is 14.1. The lowest BCUT2D eigenvalue weighted by atomic mass is 10.2. The van der Waals surface area contributed by atoms with Gasteiger partial charge in [-0.25, -0.2) is 9.78 Å². The van der Waals surface area contributed by atoms with Crippen molar-refractivity contribution in [1.29, 1.82) is 0 Å². The molecule has 0 atom stereocenters. The standard InChI is InChI=1S/C14H17N3O2S/c1-2-16-5-7-17(8-6-16)14-15-11-4-3-10(13(18)19)9-12(11)20-14/h3-4,9H,2,5-8H2,1H3,(H,18,19). The highest BCUT2D eigenvalue weighted by Gasteiger charge is 2.19. The molecule has 0 bridgehead atoms. The van der Waals surface area contributed by atoms with Gasteiger partial charge in [-0.3, -0.25) is 0 Å². The van der Waals surface area contributed by atoms with Crippen LogP contribution >= 0.6 is 11.3 Å². The molecule has 0 saturated carbocycles. The number of carbonyl (C=O) groups is 1. The van der Waals surface area contributed by atoms with Gasteiger partial charge in [-0.2, -0.15) is 0 Å². The zero-order valence-corrected chi connectivity index (χ0v) is 12.2. The number of anilines is 1. The van der Waals surface area contributed by atoms with Crippen LogP contribution in [0.2, 0.25) is 0 Å². The van der Waals surface area contributed by atoms with E-state index in [0.29, 0.717) is 5.56 Å². The summed E-state index contributed by atoms with van der Waals surface area (Å²) >= 11 is 1.58. The monoisotopic (exact) mass is 291 g/mol. The van der Waals surface area contributed by atoms with Gasteiger partial charge in [0.1, 0.15) is 0 Å². The number of carboxylic acids is 1. The van der Waals surface area contributed by atoms with E-state index < -0.39 is 5.97 Å². The highest BCUT2D eigenvalue weighted by Crippen LogP contribution is 2.30. The molecular formula is C14H17N3O2S. The van der Waals surface area contributed by atoms with Crippen molar-refractivity contribution in [3.8, 4) is 0 Å². The maximum atomic E-state index is 11.0. The molecule has 2 heterocycles. The third kappa shape index (κ3) is 2.48. The van der Waals surface area contributed by atoms with Gasteiger partial charge in [0, 0.05) is 26.2 Å². The second-order valence-electron chi connectivity index (χ2n) is 4.91. The van der Waals surface area contributed by atoms with Crippen molar-refractivity contribution in [2.45, 2.75) is 6.92 Å². The fraction of sp³-hybridized carbons (Fsp3) is 0.429. The van der Waals surface area contributed by atoms with E-state index in [1.165, 1.54) is 0 Å². The summed E-state index contributed by atoms with van der Waals surface area (Å²) < 4.78 is 0.942. The van der Waals surface area contributed by atoms with Crippen LogP contribution in [0.3, 0.4) is 0 Å². The normalized spacial score (nSPS) is 16.8. The fourth-order valence-corrected chi connectivity index (χ4v) is 3.49. The first-order valence-corrected chi connectivity index (χ1v) is 7.60. The van der Waals surface area contributed by atoms with Gasteiger partial charge in [0.15, 0.2) is 5.13 Å². The fourth-order valence-electron chi connectivity index (χ4n) is 2.44. The van der Waals surface area contributed by atoms with Gasteiger partial charge in [0.25, 0.3) is 0 Å². The lowest BCUT2D eigenvalue weighted by Gasteiger charge is -2.33. The van der Waals surface area contributed by atoms with Crippen LogP contribution in [0.4, 0.5) is 5.13 Å². The molecule has 6 heteroatoms. The first-order chi connectivity index (χ1) is 9.67. The Morgan fingerprint density at radius 1 is 1.35 bits per heavy atom. The minimum absolute atomic E-state index is 0.323. The van der Waals surface area contributed by atoms with Crippen LogP contribution in [-0.4, -0.2) is 53.7 Å². The van der Waals surface area contributed by atoms with E-state index in [1.54, 1.807) is 29.5 Å². The molecule has 1 aromatic carbocycles. The van der Waals surface area contributed by atoms with Crippen LogP contribution in [-0.2, 0) is 0 Å². The molecule has 1 N–H and O–H groups in total. The summed E-state index contributed by atoms with van der Waals surface area (Å²) in [4.78, 5) is 20.3. The van der Waals surface area contributed by atoms with Gasteiger partial charge in [-0.05, 0) is 24.7 Å². The Hall–Kier alpha value is -1.66. The topological polar surface area (TPSA) is 56.7 Å². The SMILES string of the molecule is CCN1CCN(c2nc3ccc(C(=O)O)cc3s2)CC1. The first kappa shape index (κ1) is 13.3. The number of nitrogens with zero attached hydrogens (tertiary/aromatic N) is 3. The number of hydrogen-bond acceptors (Lipinski definition) is 5. The predicted octanol–water partition coefficient (Wildman–Crippen LogP) is 2.14. The molecule has 0 amide bonds. The van der Waals surface area contributed by atoms with Crippen molar-refractivity contribution in [1.82, 2.24) is 9.88 Å². The Bertz CT molecular complexity index is 632. The summed E-state index contributed by atoms with van der Waals surface area (Å²) in [5.41, 5.74) is 1.21. The summed E-state index contributed by atoms with van der Waals surface area (Å²) in [7, 11) is 0. The number of fused-ring (bicyclic) bond motifs is 1. The van der Waals surface area contributed by atoms with Crippen LogP contribution < -0.4 is 4.90 Å². The van der Waals surface area contributed by atoms with Crippen molar-refractivity contribution >= 4 is 32.7 Å². The van der Waals surface area contributed by atoms with Crippen molar-refractivity contribution in [3.05, 3.63) is 23.8 Å². The Morgan fingerprint density at radius 3 is 2.75 bits per heavy atom. The van der Waals surface area contributed by atoms with E-state index in [1.807, 2.05) is 0 Å². The number of likely N-dealkylation sites (N-methyl/N-ethyl adjacent to an activating group) is 1. The third-order valence-electron chi connectivity index (χ3n) is 3.71. The molecule has 0 spiro atoms. The lowest BCUT2D eigenvalue weighted by molar-refractivity contribution is 0.0697. The quantitative estimate of drug-likeness (QED) is 0.939. The Morgan fingerprint density at radius 2 is 2.10 bits per heavy atom. The summed E-state index contributed by atoms with van der Waals surface area (Å²) in [6.07, 6.45) is 0. The minimum Gasteiger partial charge on any atom is -0.478 e. The molecule has 5 nitrogen and oxygen atoms in total. The van der Waals surface area contributed by atoms with Gasteiger partial charge in [-0.15, -0.1) is 0 Å². The molecule has 1 aromatic heterocycles. The van der Waals surface area contributed by atoms with Crippen LogP contribution in [0, 0.1) is 0 Å². The molecule has 1 aliphatic heterocycles. The lowest BCUT2D eigenvalue weighted by Crippen LogP contribution is -2.46. The average molecular weight is 291 g/mol. The van der Waals surface area contributed by atoms with E-state index in [4.69, 9.17) is 5.11 Å². The second-order valence-corrected chi connectivity index (χ2v) is 5.91. The van der Waals surface area contributed by atoms with E-state index in [0.717, 1.165) is 48.1 Å². The molecule has 1 saturated heterocycles. The third-order valence-corrected chi connectivity index (χ3v) is 4.79. The minimum atomic E-state index is -0.890. The van der Waals surface area contributed by atoms with Crippen LogP contribution in [0.5, 0.6) is 0 Å². The molecule has 1 aliphatic rings. The highest BCUT2D eigenvalue weighted by molar-refractivity contribution is 7.22. The summed E-state index contributed by atoms with van der Waals surface area (Å²) in [5.74, 6) is -0.890. The van der Waals surface area contributed by atoms with Crippen molar-refractivity contribution in [3.63, 3.8) is 0 Å². The largest absolute Gasteiger partial charge is 0.478 e. The van der Waals surface area contributed by atoms with Gasteiger partial charge in [-0.1, -0.05) is 18.3 Å². The molecule has 106 valence electrons. The molecule has 3 rings (SSSR count). The van der Waals surface area contributed by atoms with Crippen LogP contribution in [0.15, 0.2) is 18.2 Å². The number of hydrogen-bond donors (Lipinski definition) is 1. The maximum absolute atomic E-state index is 11.0. The highest BCUT2D eigenvalue weighted by atomic mass is 32.1. The van der Waals surface area contributed by atoms with Gasteiger partial charge in [0.2, 0.25) is 0 Å². The number of aromatic carboxylic acids is 1. The van der Waals surface area contributed by atoms with Crippen molar-refractivity contribution in [2.75, 3.05) is 37.6 Å². The van der Waals surface area contributed by atoms with Gasteiger partial charge >= 0.3 is 5.97 Å². The molecule has 2 aromatic rings. The van der Waals surface area contributed by atoms with Crippen LogP contribution in [0.25, 0.3) is 10.2 Å². The summed E-state index contributed by atoms with van der Waals surface area (Å²) in [6.45, 7) is 7.37. The summed E-state index contributed by atoms with van der Waals surface area (Å²) in [5, 5.41) is 10.0. The number of thiazole rings is 1. The van der Waals surface area contributed by atoms with Crippen molar-refractivity contribution < 1.29 is 9.90 Å².